The summed E-state index contributed by atoms with van der Waals surface area (Å²) in [5.74, 6) is 0. The van der Waals surface area contributed by atoms with Gasteiger partial charge in [0.2, 0.25) is 0 Å². The summed E-state index contributed by atoms with van der Waals surface area (Å²) in [6, 6.07) is 10.0. The van der Waals surface area contributed by atoms with Gasteiger partial charge in [-0.3, -0.25) is 0 Å². The van der Waals surface area contributed by atoms with E-state index in [0.29, 0.717) is 0 Å². The van der Waals surface area contributed by atoms with Crippen LogP contribution in [0.5, 0.6) is 0 Å². The SMILES string of the molecule is C=C.C=Cc1ccccc1.I.N. The Balaban J connectivity index is -0.000000189. The molecule has 0 atom stereocenters. The van der Waals surface area contributed by atoms with Crippen molar-refractivity contribution in [2.45, 2.75) is 0 Å². The molecule has 0 saturated carbocycles. The third-order valence-electron chi connectivity index (χ3n) is 1.04. The van der Waals surface area contributed by atoms with Crippen molar-refractivity contribution in [2.24, 2.45) is 0 Å². The van der Waals surface area contributed by atoms with E-state index >= 15 is 0 Å². The standard InChI is InChI=1S/C8H8.C2H4.HI.H3N/c1-2-8-6-4-3-5-7-8;1-2;;/h2-7H,1H2;1-2H2;1H;1H3. The van der Waals surface area contributed by atoms with Gasteiger partial charge in [0.05, 0.1) is 0 Å². The average Bonchev–Trinajstić information content (AvgIpc) is 2.10. The maximum atomic E-state index is 3.63. The number of hydrogen-bond acceptors (Lipinski definition) is 1. The summed E-state index contributed by atoms with van der Waals surface area (Å²) in [7, 11) is 0. The molecule has 0 saturated heterocycles. The Hall–Kier alpha value is -0.610. The topological polar surface area (TPSA) is 35.0 Å². The molecule has 0 aliphatic rings. The molecule has 0 aliphatic heterocycles. The molecule has 0 aromatic heterocycles. The van der Waals surface area contributed by atoms with E-state index in [1.807, 2.05) is 36.4 Å². The van der Waals surface area contributed by atoms with Gasteiger partial charge in [-0.05, 0) is 5.56 Å². The fourth-order valence-electron chi connectivity index (χ4n) is 0.589. The molecule has 0 unspecified atom stereocenters. The largest absolute Gasteiger partial charge is 0.344 e. The second-order valence-corrected chi connectivity index (χ2v) is 1.61. The molecule has 1 rings (SSSR count). The summed E-state index contributed by atoms with van der Waals surface area (Å²) >= 11 is 0. The normalized spacial score (nSPS) is 6.00. The summed E-state index contributed by atoms with van der Waals surface area (Å²) in [6.45, 7) is 9.63. The van der Waals surface area contributed by atoms with Crippen molar-refractivity contribution >= 4 is 30.1 Å². The second-order valence-electron chi connectivity index (χ2n) is 1.61. The monoisotopic (exact) mass is 277 g/mol. The highest BCUT2D eigenvalue weighted by Gasteiger charge is 1.75. The van der Waals surface area contributed by atoms with Crippen molar-refractivity contribution in [2.75, 3.05) is 0 Å². The first-order chi connectivity index (χ1) is 4.93. The first-order valence-corrected chi connectivity index (χ1v) is 3.11. The van der Waals surface area contributed by atoms with Crippen molar-refractivity contribution in [3.63, 3.8) is 0 Å². The van der Waals surface area contributed by atoms with E-state index in [1.54, 1.807) is 0 Å². The molecule has 0 radical (unpaired) electrons. The predicted molar refractivity (Wildman–Crippen MR) is 68.2 cm³/mol. The van der Waals surface area contributed by atoms with E-state index in [4.69, 9.17) is 0 Å². The molecule has 3 N–H and O–H groups in total. The molecule has 0 bridgehead atoms. The summed E-state index contributed by atoms with van der Waals surface area (Å²) < 4.78 is 0. The number of halogens is 1. The Morgan fingerprint density at radius 1 is 1.00 bits per heavy atom. The lowest BCUT2D eigenvalue weighted by atomic mass is 10.2. The Kier molecular flexibility index (Phi) is 18.9. The van der Waals surface area contributed by atoms with Crippen LogP contribution in [0.15, 0.2) is 50.1 Å². The van der Waals surface area contributed by atoms with Gasteiger partial charge < -0.3 is 6.15 Å². The van der Waals surface area contributed by atoms with Gasteiger partial charge in [-0.15, -0.1) is 37.1 Å². The molecule has 68 valence electrons. The highest BCUT2D eigenvalue weighted by Crippen LogP contribution is 1.97. The maximum absolute atomic E-state index is 3.63. The van der Waals surface area contributed by atoms with Crippen LogP contribution in [0.25, 0.3) is 6.08 Å². The summed E-state index contributed by atoms with van der Waals surface area (Å²) in [4.78, 5) is 0. The molecule has 0 aliphatic carbocycles. The van der Waals surface area contributed by atoms with Crippen LogP contribution in [0.2, 0.25) is 0 Å². The molecule has 1 nitrogen and oxygen atoms in total. The number of rotatable bonds is 1. The van der Waals surface area contributed by atoms with Gasteiger partial charge in [0.1, 0.15) is 0 Å². The first kappa shape index (κ1) is 17.5. The zero-order valence-electron chi connectivity index (χ0n) is 7.20. The lowest BCUT2D eigenvalue weighted by Gasteiger charge is -1.85. The fraction of sp³-hybridized carbons (Fsp3) is 0. The third-order valence-corrected chi connectivity index (χ3v) is 1.04. The van der Waals surface area contributed by atoms with Crippen molar-refractivity contribution in [3.05, 3.63) is 55.6 Å². The van der Waals surface area contributed by atoms with Crippen LogP contribution in [0.1, 0.15) is 5.56 Å². The zero-order chi connectivity index (χ0) is 7.82. The van der Waals surface area contributed by atoms with Gasteiger partial charge >= 0.3 is 0 Å². The third kappa shape index (κ3) is 7.50. The summed E-state index contributed by atoms with van der Waals surface area (Å²) in [5, 5.41) is 0. The van der Waals surface area contributed by atoms with E-state index in [9.17, 15) is 0 Å². The van der Waals surface area contributed by atoms with Crippen LogP contribution in [0, 0.1) is 0 Å². The van der Waals surface area contributed by atoms with Gasteiger partial charge in [0.25, 0.3) is 0 Å². The molecule has 0 amide bonds. The molecule has 0 spiro atoms. The van der Waals surface area contributed by atoms with E-state index in [1.165, 1.54) is 5.56 Å². The van der Waals surface area contributed by atoms with Crippen LogP contribution in [-0.4, -0.2) is 0 Å². The van der Waals surface area contributed by atoms with E-state index in [2.05, 4.69) is 19.7 Å². The maximum Gasteiger partial charge on any atom is -0.0263 e. The summed E-state index contributed by atoms with van der Waals surface area (Å²) in [5.41, 5.74) is 1.17. The van der Waals surface area contributed by atoms with E-state index in [-0.39, 0.29) is 30.1 Å². The van der Waals surface area contributed by atoms with Gasteiger partial charge in [0, 0.05) is 0 Å². The second kappa shape index (κ2) is 13.0. The van der Waals surface area contributed by atoms with Crippen molar-refractivity contribution < 1.29 is 0 Å². The van der Waals surface area contributed by atoms with Crippen LogP contribution >= 0.6 is 24.0 Å². The fourth-order valence-corrected chi connectivity index (χ4v) is 0.589. The minimum Gasteiger partial charge on any atom is -0.344 e. The van der Waals surface area contributed by atoms with Crippen LogP contribution in [-0.2, 0) is 0 Å². The van der Waals surface area contributed by atoms with Gasteiger partial charge in [-0.2, -0.15) is 0 Å². The van der Waals surface area contributed by atoms with Crippen LogP contribution in [0.3, 0.4) is 0 Å². The lowest BCUT2D eigenvalue weighted by molar-refractivity contribution is 1.67. The molecular formula is C10H16IN. The number of hydrogen-bond donors (Lipinski definition) is 1. The molecule has 0 heterocycles. The van der Waals surface area contributed by atoms with Crippen molar-refractivity contribution in [3.8, 4) is 0 Å². The Labute approximate surface area is 91.8 Å². The highest BCUT2D eigenvalue weighted by molar-refractivity contribution is 14.0. The molecule has 0 fully saturated rings. The van der Waals surface area contributed by atoms with Crippen LogP contribution < -0.4 is 6.15 Å². The molecular weight excluding hydrogens is 261 g/mol. The van der Waals surface area contributed by atoms with E-state index < -0.39 is 0 Å². The minimum absolute atomic E-state index is 0. The smallest absolute Gasteiger partial charge is 0.0263 e. The lowest BCUT2D eigenvalue weighted by Crippen LogP contribution is -1.63. The Morgan fingerprint density at radius 2 is 1.42 bits per heavy atom. The molecule has 1 aromatic carbocycles. The molecule has 12 heavy (non-hydrogen) atoms. The molecule has 2 heteroatoms. The van der Waals surface area contributed by atoms with E-state index in [0.717, 1.165) is 0 Å². The van der Waals surface area contributed by atoms with Crippen LogP contribution in [0.4, 0.5) is 0 Å². The van der Waals surface area contributed by atoms with Gasteiger partial charge in [0.15, 0.2) is 0 Å². The van der Waals surface area contributed by atoms with Crippen molar-refractivity contribution in [1.29, 1.82) is 0 Å². The average molecular weight is 277 g/mol. The Morgan fingerprint density at radius 3 is 1.67 bits per heavy atom. The molecule has 1 aromatic rings. The first-order valence-electron chi connectivity index (χ1n) is 3.11. The summed E-state index contributed by atoms with van der Waals surface area (Å²) in [6.07, 6.45) is 1.83. The number of benzene rings is 1. The minimum atomic E-state index is 0. The predicted octanol–water partition coefficient (Wildman–Crippen LogP) is 3.91. The van der Waals surface area contributed by atoms with Crippen molar-refractivity contribution in [1.82, 2.24) is 6.15 Å². The zero-order valence-corrected chi connectivity index (χ0v) is 9.53. The Bertz CT molecular complexity index is 184. The quantitative estimate of drug-likeness (QED) is 0.613. The van der Waals surface area contributed by atoms with Gasteiger partial charge in [-0.1, -0.05) is 43.0 Å². The highest BCUT2D eigenvalue weighted by atomic mass is 127. The van der Waals surface area contributed by atoms with Gasteiger partial charge in [-0.25, -0.2) is 0 Å².